The fourth-order valence-corrected chi connectivity index (χ4v) is 4.53. The van der Waals surface area contributed by atoms with Crippen LogP contribution in [0.3, 0.4) is 0 Å². The Morgan fingerprint density at radius 1 is 1.19 bits per heavy atom. The van der Waals surface area contributed by atoms with E-state index in [9.17, 15) is 0 Å². The third kappa shape index (κ3) is 4.67. The first-order chi connectivity index (χ1) is 10.1. The molecule has 3 nitrogen and oxygen atoms in total. The highest BCUT2D eigenvalue weighted by Crippen LogP contribution is 2.39. The van der Waals surface area contributed by atoms with E-state index in [1.165, 1.54) is 51.5 Å². The maximum Gasteiger partial charge on any atom is 0.0469 e. The molecule has 2 rings (SSSR count). The largest absolute Gasteiger partial charge is 0.381 e. The summed E-state index contributed by atoms with van der Waals surface area (Å²) in [6, 6.07) is 0. The standard InChI is InChI=1S/C18H36N2O/c1-15(2)11-17-5-4-8-18(12-17,14-19)20(3)13-16-6-9-21-10-7-16/h15-17H,4-14,19H2,1-3H3. The molecule has 2 aliphatic rings. The summed E-state index contributed by atoms with van der Waals surface area (Å²) in [5, 5.41) is 0. The van der Waals surface area contributed by atoms with Crippen molar-refractivity contribution in [1.29, 1.82) is 0 Å². The van der Waals surface area contributed by atoms with Crippen molar-refractivity contribution in [2.24, 2.45) is 23.5 Å². The van der Waals surface area contributed by atoms with E-state index >= 15 is 0 Å². The molecule has 2 unspecified atom stereocenters. The van der Waals surface area contributed by atoms with Gasteiger partial charge in [-0.2, -0.15) is 0 Å². The third-order valence-corrected chi connectivity index (χ3v) is 5.79. The average Bonchev–Trinajstić information content (AvgIpc) is 2.47. The van der Waals surface area contributed by atoms with Gasteiger partial charge in [0.1, 0.15) is 0 Å². The quantitative estimate of drug-likeness (QED) is 0.817. The van der Waals surface area contributed by atoms with Crippen molar-refractivity contribution < 1.29 is 4.74 Å². The zero-order chi connectivity index (χ0) is 15.3. The molecule has 0 aromatic heterocycles. The molecule has 21 heavy (non-hydrogen) atoms. The number of nitrogens with zero attached hydrogens (tertiary/aromatic N) is 1. The topological polar surface area (TPSA) is 38.5 Å². The van der Waals surface area contributed by atoms with E-state index in [-0.39, 0.29) is 5.54 Å². The van der Waals surface area contributed by atoms with Crippen LogP contribution in [0.1, 0.15) is 58.8 Å². The van der Waals surface area contributed by atoms with Gasteiger partial charge >= 0.3 is 0 Å². The van der Waals surface area contributed by atoms with Crippen molar-refractivity contribution in [3.05, 3.63) is 0 Å². The highest BCUT2D eigenvalue weighted by atomic mass is 16.5. The molecule has 3 heteroatoms. The first-order valence-electron chi connectivity index (χ1n) is 9.05. The van der Waals surface area contributed by atoms with Crippen LogP contribution >= 0.6 is 0 Å². The maximum absolute atomic E-state index is 6.27. The minimum Gasteiger partial charge on any atom is -0.381 e. The molecule has 0 spiro atoms. The predicted octanol–water partition coefficient (Wildman–Crippen LogP) is 3.28. The first kappa shape index (κ1) is 17.2. The molecule has 0 bridgehead atoms. The van der Waals surface area contributed by atoms with Crippen molar-refractivity contribution in [3.8, 4) is 0 Å². The van der Waals surface area contributed by atoms with Gasteiger partial charge in [-0.05, 0) is 56.9 Å². The van der Waals surface area contributed by atoms with Crippen LogP contribution in [0.4, 0.5) is 0 Å². The summed E-state index contributed by atoms with van der Waals surface area (Å²) < 4.78 is 5.50. The number of ether oxygens (including phenoxy) is 1. The third-order valence-electron chi connectivity index (χ3n) is 5.79. The average molecular weight is 296 g/mol. The lowest BCUT2D eigenvalue weighted by Crippen LogP contribution is -2.56. The van der Waals surface area contributed by atoms with Gasteiger partial charge in [0.25, 0.3) is 0 Å². The van der Waals surface area contributed by atoms with Gasteiger partial charge in [0, 0.05) is 31.8 Å². The molecule has 124 valence electrons. The highest BCUT2D eigenvalue weighted by Gasteiger charge is 2.39. The van der Waals surface area contributed by atoms with Crippen molar-refractivity contribution in [2.45, 2.75) is 64.3 Å². The summed E-state index contributed by atoms with van der Waals surface area (Å²) in [5.74, 6) is 2.49. The van der Waals surface area contributed by atoms with Crippen molar-refractivity contribution in [3.63, 3.8) is 0 Å². The van der Waals surface area contributed by atoms with E-state index in [1.807, 2.05) is 0 Å². The van der Waals surface area contributed by atoms with Crippen molar-refractivity contribution in [2.75, 3.05) is 33.4 Å². The normalized spacial score (nSPS) is 32.0. The van der Waals surface area contributed by atoms with Gasteiger partial charge in [0.2, 0.25) is 0 Å². The number of hydrogen-bond donors (Lipinski definition) is 1. The molecule has 2 N–H and O–H groups in total. The van der Waals surface area contributed by atoms with Crippen LogP contribution in [-0.4, -0.2) is 43.8 Å². The van der Waals surface area contributed by atoms with Gasteiger partial charge in [-0.3, -0.25) is 4.90 Å². The SMILES string of the molecule is CC(C)CC1CCCC(CN)(N(C)CC2CCOCC2)C1. The van der Waals surface area contributed by atoms with Crippen LogP contribution in [0.2, 0.25) is 0 Å². The number of hydrogen-bond acceptors (Lipinski definition) is 3. The van der Waals surface area contributed by atoms with Crippen LogP contribution in [-0.2, 0) is 4.74 Å². The Balaban J connectivity index is 1.94. The number of rotatable bonds is 6. The van der Waals surface area contributed by atoms with E-state index in [4.69, 9.17) is 10.5 Å². The Morgan fingerprint density at radius 2 is 1.90 bits per heavy atom. The molecule has 2 fully saturated rings. The van der Waals surface area contributed by atoms with Crippen LogP contribution in [0.15, 0.2) is 0 Å². The summed E-state index contributed by atoms with van der Waals surface area (Å²) in [7, 11) is 2.32. The second-order valence-electron chi connectivity index (χ2n) is 7.96. The Hall–Kier alpha value is -0.120. The fraction of sp³-hybridized carbons (Fsp3) is 1.00. The Morgan fingerprint density at radius 3 is 2.52 bits per heavy atom. The van der Waals surface area contributed by atoms with E-state index in [0.717, 1.165) is 37.5 Å². The first-order valence-corrected chi connectivity index (χ1v) is 9.05. The fourth-order valence-electron chi connectivity index (χ4n) is 4.53. The van der Waals surface area contributed by atoms with Crippen LogP contribution in [0, 0.1) is 17.8 Å². The molecule has 1 aliphatic carbocycles. The van der Waals surface area contributed by atoms with E-state index < -0.39 is 0 Å². The van der Waals surface area contributed by atoms with Gasteiger partial charge in [0.15, 0.2) is 0 Å². The maximum atomic E-state index is 6.27. The second kappa shape index (κ2) is 7.94. The lowest BCUT2D eigenvalue weighted by Gasteiger charge is -2.48. The highest BCUT2D eigenvalue weighted by molar-refractivity contribution is 4.96. The molecular formula is C18H36N2O. The summed E-state index contributed by atoms with van der Waals surface area (Å²) >= 11 is 0. The second-order valence-corrected chi connectivity index (χ2v) is 7.96. The molecule has 0 aromatic carbocycles. The lowest BCUT2D eigenvalue weighted by atomic mass is 9.72. The van der Waals surface area contributed by atoms with Gasteiger partial charge in [0.05, 0.1) is 0 Å². The molecule has 1 aliphatic heterocycles. The summed E-state index contributed by atoms with van der Waals surface area (Å²) in [4.78, 5) is 2.62. The molecule has 0 amide bonds. The Bertz CT molecular complexity index is 302. The summed E-state index contributed by atoms with van der Waals surface area (Å²) in [5.41, 5.74) is 6.53. The summed E-state index contributed by atoms with van der Waals surface area (Å²) in [6.45, 7) is 8.62. The lowest BCUT2D eigenvalue weighted by molar-refractivity contribution is 0.0107. The van der Waals surface area contributed by atoms with Crippen LogP contribution in [0.25, 0.3) is 0 Å². The van der Waals surface area contributed by atoms with Crippen molar-refractivity contribution in [1.82, 2.24) is 4.90 Å². The van der Waals surface area contributed by atoms with Gasteiger partial charge in [-0.15, -0.1) is 0 Å². The van der Waals surface area contributed by atoms with Gasteiger partial charge in [-0.1, -0.05) is 26.7 Å². The minimum absolute atomic E-state index is 0.260. The molecule has 0 radical (unpaired) electrons. The minimum atomic E-state index is 0.260. The molecule has 1 heterocycles. The zero-order valence-electron chi connectivity index (χ0n) is 14.4. The number of likely N-dealkylation sites (N-methyl/N-ethyl adjacent to an activating group) is 1. The van der Waals surface area contributed by atoms with E-state index in [2.05, 4.69) is 25.8 Å². The Labute approximate surface area is 131 Å². The monoisotopic (exact) mass is 296 g/mol. The smallest absolute Gasteiger partial charge is 0.0469 e. The molecule has 0 aromatic rings. The van der Waals surface area contributed by atoms with Gasteiger partial charge < -0.3 is 10.5 Å². The molecule has 1 saturated carbocycles. The Kier molecular flexibility index (Phi) is 6.51. The zero-order valence-corrected chi connectivity index (χ0v) is 14.4. The molecular weight excluding hydrogens is 260 g/mol. The molecule has 2 atom stereocenters. The van der Waals surface area contributed by atoms with Crippen LogP contribution < -0.4 is 5.73 Å². The predicted molar refractivity (Wildman–Crippen MR) is 89.4 cm³/mol. The van der Waals surface area contributed by atoms with Crippen LogP contribution in [0.5, 0.6) is 0 Å². The van der Waals surface area contributed by atoms with E-state index in [0.29, 0.717) is 0 Å². The number of nitrogens with two attached hydrogens (primary N) is 1. The van der Waals surface area contributed by atoms with E-state index in [1.54, 1.807) is 0 Å². The molecule has 1 saturated heterocycles. The van der Waals surface area contributed by atoms with Gasteiger partial charge in [-0.25, -0.2) is 0 Å². The van der Waals surface area contributed by atoms with Crippen molar-refractivity contribution >= 4 is 0 Å². The summed E-state index contributed by atoms with van der Waals surface area (Å²) in [6.07, 6.45) is 9.17.